The highest BCUT2D eigenvalue weighted by molar-refractivity contribution is 4.98. The van der Waals surface area contributed by atoms with Crippen molar-refractivity contribution in [2.75, 3.05) is 6.54 Å². The van der Waals surface area contributed by atoms with E-state index in [-0.39, 0.29) is 0 Å². The molecular formula is C16H29N3. The highest BCUT2D eigenvalue weighted by Gasteiger charge is 2.20. The SMILES string of the molecule is CCCNCc1cncn1CC1CCC(CC)CC1. The molecule has 0 spiro atoms. The summed E-state index contributed by atoms with van der Waals surface area (Å²) in [5, 5.41) is 3.47. The van der Waals surface area contributed by atoms with Crippen LogP contribution < -0.4 is 5.32 Å². The van der Waals surface area contributed by atoms with Crippen molar-refractivity contribution in [3.8, 4) is 0 Å². The van der Waals surface area contributed by atoms with Crippen LogP contribution in [-0.4, -0.2) is 16.1 Å². The molecule has 1 aromatic rings. The molecule has 1 aliphatic carbocycles. The molecular weight excluding hydrogens is 234 g/mol. The first-order valence-corrected chi connectivity index (χ1v) is 8.03. The lowest BCUT2D eigenvalue weighted by Gasteiger charge is -2.28. The molecule has 0 saturated heterocycles. The molecule has 1 aromatic heterocycles. The highest BCUT2D eigenvalue weighted by atomic mass is 15.1. The van der Waals surface area contributed by atoms with E-state index in [4.69, 9.17) is 0 Å². The van der Waals surface area contributed by atoms with E-state index >= 15 is 0 Å². The van der Waals surface area contributed by atoms with Crippen molar-refractivity contribution in [1.82, 2.24) is 14.9 Å². The molecule has 1 N–H and O–H groups in total. The minimum atomic E-state index is 0.863. The zero-order valence-corrected chi connectivity index (χ0v) is 12.6. The summed E-state index contributed by atoms with van der Waals surface area (Å²) in [5.41, 5.74) is 1.34. The summed E-state index contributed by atoms with van der Waals surface area (Å²) in [4.78, 5) is 4.32. The van der Waals surface area contributed by atoms with Gasteiger partial charge in [0.15, 0.2) is 0 Å². The standard InChI is InChI=1S/C16H29N3/c1-3-9-17-10-16-11-18-13-19(16)12-15-7-5-14(4-2)6-8-15/h11,13-15,17H,3-10,12H2,1-2H3. The predicted octanol–water partition coefficient (Wildman–Crippen LogP) is 3.60. The Morgan fingerprint density at radius 3 is 2.63 bits per heavy atom. The average molecular weight is 263 g/mol. The second-order valence-corrected chi connectivity index (χ2v) is 6.01. The predicted molar refractivity (Wildman–Crippen MR) is 80.0 cm³/mol. The van der Waals surface area contributed by atoms with E-state index in [0.29, 0.717) is 0 Å². The normalized spacial score (nSPS) is 23.7. The number of nitrogens with zero attached hydrogens (tertiary/aromatic N) is 2. The zero-order chi connectivity index (χ0) is 13.5. The molecule has 0 amide bonds. The third-order valence-electron chi connectivity index (χ3n) is 4.53. The Kier molecular flexibility index (Phi) is 5.90. The molecule has 2 rings (SSSR count). The molecule has 0 aromatic carbocycles. The first-order chi connectivity index (χ1) is 9.33. The Labute approximate surface area is 117 Å². The lowest BCUT2D eigenvalue weighted by Crippen LogP contribution is -2.21. The van der Waals surface area contributed by atoms with Crippen LogP contribution in [0.15, 0.2) is 12.5 Å². The van der Waals surface area contributed by atoms with Crippen molar-refractivity contribution in [2.24, 2.45) is 11.8 Å². The Hall–Kier alpha value is -0.830. The molecule has 3 nitrogen and oxygen atoms in total. The fourth-order valence-corrected chi connectivity index (χ4v) is 3.15. The summed E-state index contributed by atoms with van der Waals surface area (Å²) >= 11 is 0. The molecule has 3 heteroatoms. The molecule has 0 aliphatic heterocycles. The molecule has 1 saturated carbocycles. The van der Waals surface area contributed by atoms with Crippen LogP contribution in [0.4, 0.5) is 0 Å². The van der Waals surface area contributed by atoms with E-state index < -0.39 is 0 Å². The van der Waals surface area contributed by atoms with Crippen molar-refractivity contribution in [3.05, 3.63) is 18.2 Å². The molecule has 1 heterocycles. The van der Waals surface area contributed by atoms with Crippen LogP contribution in [0.5, 0.6) is 0 Å². The lowest BCUT2D eigenvalue weighted by atomic mass is 9.81. The maximum atomic E-state index is 4.32. The second kappa shape index (κ2) is 7.68. The van der Waals surface area contributed by atoms with Gasteiger partial charge in [-0.1, -0.05) is 33.1 Å². The first kappa shape index (κ1) is 14.6. The number of nitrogens with one attached hydrogen (secondary N) is 1. The monoisotopic (exact) mass is 263 g/mol. The summed E-state index contributed by atoms with van der Waals surface area (Å²) in [7, 11) is 0. The second-order valence-electron chi connectivity index (χ2n) is 6.01. The van der Waals surface area contributed by atoms with E-state index in [9.17, 15) is 0 Å². The van der Waals surface area contributed by atoms with Crippen LogP contribution in [0.3, 0.4) is 0 Å². The van der Waals surface area contributed by atoms with Gasteiger partial charge >= 0.3 is 0 Å². The first-order valence-electron chi connectivity index (χ1n) is 8.03. The minimum Gasteiger partial charge on any atom is -0.333 e. The summed E-state index contributed by atoms with van der Waals surface area (Å²) < 4.78 is 2.36. The summed E-state index contributed by atoms with van der Waals surface area (Å²) in [6, 6.07) is 0. The van der Waals surface area contributed by atoms with Crippen molar-refractivity contribution >= 4 is 0 Å². The van der Waals surface area contributed by atoms with Crippen LogP contribution in [0.2, 0.25) is 0 Å². The van der Waals surface area contributed by atoms with Gasteiger partial charge in [-0.05, 0) is 37.6 Å². The van der Waals surface area contributed by atoms with Gasteiger partial charge in [0.05, 0.1) is 12.0 Å². The molecule has 0 atom stereocenters. The van der Waals surface area contributed by atoms with Gasteiger partial charge in [0.2, 0.25) is 0 Å². The van der Waals surface area contributed by atoms with E-state index in [1.165, 1.54) is 50.8 Å². The molecule has 1 fully saturated rings. The van der Waals surface area contributed by atoms with Crippen LogP contribution in [0.1, 0.15) is 58.1 Å². The summed E-state index contributed by atoms with van der Waals surface area (Å²) in [6.07, 6.45) is 12.2. The number of hydrogen-bond acceptors (Lipinski definition) is 2. The molecule has 1 aliphatic rings. The van der Waals surface area contributed by atoms with Gasteiger partial charge in [-0.25, -0.2) is 4.98 Å². The number of rotatable bonds is 7. The van der Waals surface area contributed by atoms with Crippen molar-refractivity contribution in [3.63, 3.8) is 0 Å². The lowest BCUT2D eigenvalue weighted by molar-refractivity contribution is 0.246. The van der Waals surface area contributed by atoms with Crippen LogP contribution in [-0.2, 0) is 13.1 Å². The van der Waals surface area contributed by atoms with E-state index in [0.717, 1.165) is 24.9 Å². The van der Waals surface area contributed by atoms with E-state index in [2.05, 4.69) is 28.7 Å². The minimum absolute atomic E-state index is 0.863. The maximum Gasteiger partial charge on any atom is 0.0948 e. The summed E-state index contributed by atoms with van der Waals surface area (Å²) in [5.74, 6) is 1.85. The van der Waals surface area contributed by atoms with Gasteiger partial charge in [0.25, 0.3) is 0 Å². The topological polar surface area (TPSA) is 29.9 Å². The highest BCUT2D eigenvalue weighted by Crippen LogP contribution is 2.31. The molecule has 0 radical (unpaired) electrons. The van der Waals surface area contributed by atoms with Gasteiger partial charge in [0.1, 0.15) is 0 Å². The number of aromatic nitrogens is 2. The van der Waals surface area contributed by atoms with Crippen molar-refractivity contribution in [2.45, 2.75) is 65.5 Å². The maximum absolute atomic E-state index is 4.32. The molecule has 0 unspecified atom stereocenters. The molecule has 19 heavy (non-hydrogen) atoms. The third-order valence-corrected chi connectivity index (χ3v) is 4.53. The van der Waals surface area contributed by atoms with E-state index in [1.807, 2.05) is 12.5 Å². The van der Waals surface area contributed by atoms with Gasteiger partial charge in [-0.3, -0.25) is 0 Å². The Bertz CT molecular complexity index is 351. The Morgan fingerprint density at radius 2 is 1.95 bits per heavy atom. The van der Waals surface area contributed by atoms with Crippen LogP contribution in [0.25, 0.3) is 0 Å². The fourth-order valence-electron chi connectivity index (χ4n) is 3.15. The number of imidazole rings is 1. The Balaban J connectivity index is 1.81. The fraction of sp³-hybridized carbons (Fsp3) is 0.812. The number of hydrogen-bond donors (Lipinski definition) is 1. The smallest absolute Gasteiger partial charge is 0.0948 e. The largest absolute Gasteiger partial charge is 0.333 e. The van der Waals surface area contributed by atoms with Gasteiger partial charge in [-0.15, -0.1) is 0 Å². The van der Waals surface area contributed by atoms with Crippen LogP contribution in [0, 0.1) is 11.8 Å². The zero-order valence-electron chi connectivity index (χ0n) is 12.6. The quantitative estimate of drug-likeness (QED) is 0.762. The van der Waals surface area contributed by atoms with Crippen molar-refractivity contribution in [1.29, 1.82) is 0 Å². The third kappa shape index (κ3) is 4.34. The molecule has 108 valence electrons. The van der Waals surface area contributed by atoms with E-state index in [1.54, 1.807) is 0 Å². The average Bonchev–Trinajstić information content (AvgIpc) is 2.87. The van der Waals surface area contributed by atoms with Crippen LogP contribution >= 0.6 is 0 Å². The van der Waals surface area contributed by atoms with Crippen molar-refractivity contribution < 1.29 is 0 Å². The van der Waals surface area contributed by atoms with Gasteiger partial charge in [-0.2, -0.15) is 0 Å². The summed E-state index contributed by atoms with van der Waals surface area (Å²) in [6.45, 7) is 7.75. The van der Waals surface area contributed by atoms with Gasteiger partial charge in [0, 0.05) is 19.3 Å². The molecule has 0 bridgehead atoms. The van der Waals surface area contributed by atoms with Gasteiger partial charge < -0.3 is 9.88 Å². The Morgan fingerprint density at radius 1 is 1.21 bits per heavy atom.